The number of hydrogen-bond acceptors (Lipinski definition) is 6. The lowest BCUT2D eigenvalue weighted by Crippen LogP contribution is -2.29. The molecule has 1 fully saturated rings. The van der Waals surface area contributed by atoms with E-state index in [1.165, 1.54) is 11.1 Å². The van der Waals surface area contributed by atoms with Gasteiger partial charge in [0.25, 0.3) is 11.8 Å². The zero-order valence-corrected chi connectivity index (χ0v) is 17.7. The van der Waals surface area contributed by atoms with Crippen molar-refractivity contribution in [3.05, 3.63) is 52.3 Å². The van der Waals surface area contributed by atoms with Gasteiger partial charge in [-0.15, -0.1) is 0 Å². The molecule has 30 heavy (non-hydrogen) atoms. The second kappa shape index (κ2) is 6.21. The second-order valence-corrected chi connectivity index (χ2v) is 10.3. The van der Waals surface area contributed by atoms with Gasteiger partial charge in [0, 0.05) is 6.20 Å². The van der Waals surface area contributed by atoms with Crippen LogP contribution in [0.3, 0.4) is 0 Å². The largest absolute Gasteiger partial charge is 0.268 e. The molecule has 2 aliphatic rings. The summed E-state index contributed by atoms with van der Waals surface area (Å²) in [7, 11) is -3.10. The van der Waals surface area contributed by atoms with Crippen LogP contribution in [0.2, 0.25) is 0 Å². The molecule has 0 saturated carbocycles. The van der Waals surface area contributed by atoms with Crippen LogP contribution in [0, 0.1) is 20.8 Å². The monoisotopic (exact) mass is 424 g/mol. The molecule has 5 rings (SSSR count). The highest BCUT2D eigenvalue weighted by Crippen LogP contribution is 2.36. The van der Waals surface area contributed by atoms with Crippen molar-refractivity contribution in [1.29, 1.82) is 0 Å². The summed E-state index contributed by atoms with van der Waals surface area (Å²) in [5, 5.41) is 5.02. The van der Waals surface area contributed by atoms with Crippen molar-refractivity contribution in [1.82, 2.24) is 14.8 Å². The molecule has 0 N–H and O–H groups in total. The Hall–Kier alpha value is -3.07. The van der Waals surface area contributed by atoms with Gasteiger partial charge in [0.1, 0.15) is 0 Å². The minimum Gasteiger partial charge on any atom is -0.268 e. The van der Waals surface area contributed by atoms with E-state index in [9.17, 15) is 18.0 Å². The SMILES string of the molecule is Cc1ccc(N2C(=O)c3cnc4c(c(C)nn4C4CCS(=O)(=O)C4)c3C2=O)cc1C. The van der Waals surface area contributed by atoms with E-state index in [0.29, 0.717) is 28.8 Å². The minimum absolute atomic E-state index is 0.00360. The van der Waals surface area contributed by atoms with Crippen molar-refractivity contribution in [3.8, 4) is 0 Å². The summed E-state index contributed by atoms with van der Waals surface area (Å²) in [5.74, 6) is -0.708. The van der Waals surface area contributed by atoms with Crippen LogP contribution < -0.4 is 4.90 Å². The second-order valence-electron chi connectivity index (χ2n) is 8.05. The third-order valence-electron chi connectivity index (χ3n) is 6.05. The molecule has 1 aromatic carbocycles. The Balaban J connectivity index is 1.66. The van der Waals surface area contributed by atoms with E-state index in [-0.39, 0.29) is 28.7 Å². The molecule has 1 unspecified atom stereocenters. The van der Waals surface area contributed by atoms with Gasteiger partial charge in [-0.05, 0) is 50.5 Å². The van der Waals surface area contributed by atoms with Crippen molar-refractivity contribution in [3.63, 3.8) is 0 Å². The average Bonchev–Trinajstić information content (AvgIpc) is 3.30. The van der Waals surface area contributed by atoms with Gasteiger partial charge < -0.3 is 0 Å². The quantitative estimate of drug-likeness (QED) is 0.586. The van der Waals surface area contributed by atoms with E-state index in [1.807, 2.05) is 26.0 Å². The lowest BCUT2D eigenvalue weighted by Gasteiger charge is -2.15. The number of rotatable bonds is 2. The smallest absolute Gasteiger partial charge is 0.267 e. The molecule has 2 aromatic heterocycles. The van der Waals surface area contributed by atoms with Gasteiger partial charge in [0.05, 0.1) is 45.4 Å². The molecule has 0 radical (unpaired) electrons. The summed E-state index contributed by atoms with van der Waals surface area (Å²) < 4.78 is 25.5. The molecule has 0 aliphatic carbocycles. The number of sulfone groups is 1. The van der Waals surface area contributed by atoms with Crippen molar-refractivity contribution in [2.24, 2.45) is 0 Å². The fourth-order valence-corrected chi connectivity index (χ4v) is 6.00. The van der Waals surface area contributed by atoms with E-state index in [2.05, 4.69) is 10.1 Å². The fraction of sp³-hybridized carbons (Fsp3) is 0.333. The van der Waals surface area contributed by atoms with Gasteiger partial charge in [-0.25, -0.2) is 23.0 Å². The first kappa shape index (κ1) is 18.9. The number of pyridine rings is 1. The standard InChI is InChI=1S/C21H20N4O4S/c1-11-4-5-14(8-12(11)2)24-20(26)16-9-22-19-17(18(16)21(24)27)13(3)23-25(19)15-6-7-30(28,29)10-15/h4-5,8-9,15H,6-7,10H2,1-3H3. The first-order valence-corrected chi connectivity index (χ1v) is 11.5. The van der Waals surface area contributed by atoms with Gasteiger partial charge in [-0.1, -0.05) is 6.07 Å². The van der Waals surface area contributed by atoms with E-state index in [1.54, 1.807) is 17.7 Å². The van der Waals surface area contributed by atoms with Crippen molar-refractivity contribution < 1.29 is 18.0 Å². The number of fused-ring (bicyclic) bond motifs is 3. The molecule has 8 nitrogen and oxygen atoms in total. The van der Waals surface area contributed by atoms with Crippen molar-refractivity contribution in [2.75, 3.05) is 16.4 Å². The fourth-order valence-electron chi connectivity index (χ4n) is 4.31. The summed E-state index contributed by atoms with van der Waals surface area (Å²) in [6, 6.07) is 5.14. The van der Waals surface area contributed by atoms with Gasteiger partial charge in [0.2, 0.25) is 0 Å². The average molecular weight is 424 g/mol. The third kappa shape index (κ3) is 2.61. The zero-order valence-electron chi connectivity index (χ0n) is 16.8. The zero-order chi connectivity index (χ0) is 21.4. The molecule has 2 aliphatic heterocycles. The third-order valence-corrected chi connectivity index (χ3v) is 7.80. The predicted molar refractivity (Wildman–Crippen MR) is 112 cm³/mol. The molecule has 0 spiro atoms. The summed E-state index contributed by atoms with van der Waals surface area (Å²) in [4.78, 5) is 32.0. The van der Waals surface area contributed by atoms with Gasteiger partial charge >= 0.3 is 0 Å². The molecule has 154 valence electrons. The number of nitrogens with zero attached hydrogens (tertiary/aromatic N) is 4. The van der Waals surface area contributed by atoms with Gasteiger partial charge in [-0.2, -0.15) is 5.10 Å². The Bertz CT molecular complexity index is 1370. The van der Waals surface area contributed by atoms with Crippen LogP contribution in [0.5, 0.6) is 0 Å². The van der Waals surface area contributed by atoms with E-state index in [4.69, 9.17) is 0 Å². The Kier molecular flexibility index (Phi) is 3.92. The molecule has 3 aromatic rings. The topological polar surface area (TPSA) is 102 Å². The molecular formula is C21H20N4O4S. The number of imide groups is 1. The highest BCUT2D eigenvalue weighted by Gasteiger charge is 2.41. The van der Waals surface area contributed by atoms with Crippen molar-refractivity contribution in [2.45, 2.75) is 33.2 Å². The predicted octanol–water partition coefficient (Wildman–Crippen LogP) is 2.52. The minimum atomic E-state index is -3.10. The highest BCUT2D eigenvalue weighted by molar-refractivity contribution is 7.91. The Morgan fingerprint density at radius 3 is 2.50 bits per heavy atom. The summed E-state index contributed by atoms with van der Waals surface area (Å²) in [6.07, 6.45) is 1.86. The highest BCUT2D eigenvalue weighted by atomic mass is 32.2. The number of amides is 2. The van der Waals surface area contributed by atoms with E-state index >= 15 is 0 Å². The van der Waals surface area contributed by atoms with E-state index < -0.39 is 21.7 Å². The Morgan fingerprint density at radius 1 is 1.07 bits per heavy atom. The number of aromatic nitrogens is 3. The van der Waals surface area contributed by atoms with Crippen LogP contribution in [0.1, 0.15) is 50.0 Å². The maximum Gasteiger partial charge on any atom is 0.267 e. The van der Waals surface area contributed by atoms with Gasteiger partial charge in [-0.3, -0.25) is 9.59 Å². The van der Waals surface area contributed by atoms with Crippen LogP contribution in [-0.2, 0) is 9.84 Å². The summed E-state index contributed by atoms with van der Waals surface area (Å²) in [6.45, 7) is 5.65. The van der Waals surface area contributed by atoms with Crippen molar-refractivity contribution >= 4 is 38.4 Å². The van der Waals surface area contributed by atoms with Crippen LogP contribution in [0.25, 0.3) is 11.0 Å². The molecule has 0 bridgehead atoms. The summed E-state index contributed by atoms with van der Waals surface area (Å²) in [5.41, 5.74) is 4.10. The normalized spacial score (nSPS) is 20.4. The van der Waals surface area contributed by atoms with Crippen LogP contribution in [-0.4, -0.2) is 46.5 Å². The molecule has 1 atom stereocenters. The van der Waals surface area contributed by atoms with Crippen LogP contribution >= 0.6 is 0 Å². The van der Waals surface area contributed by atoms with Crippen LogP contribution in [0.15, 0.2) is 24.4 Å². The first-order chi connectivity index (χ1) is 14.2. The number of benzene rings is 1. The van der Waals surface area contributed by atoms with Crippen LogP contribution in [0.4, 0.5) is 5.69 Å². The molecule has 1 saturated heterocycles. The first-order valence-electron chi connectivity index (χ1n) is 9.72. The van der Waals surface area contributed by atoms with Gasteiger partial charge in [0.15, 0.2) is 15.5 Å². The molecule has 2 amide bonds. The molecular weight excluding hydrogens is 404 g/mol. The number of aryl methyl sites for hydroxylation is 3. The molecule has 4 heterocycles. The maximum atomic E-state index is 13.3. The molecule has 9 heteroatoms. The number of hydrogen-bond donors (Lipinski definition) is 0. The number of carbonyl (C=O) groups is 2. The Labute approximate surface area is 173 Å². The number of carbonyl (C=O) groups excluding carboxylic acids is 2. The lowest BCUT2D eigenvalue weighted by atomic mass is 10.1. The van der Waals surface area contributed by atoms with E-state index in [0.717, 1.165) is 11.1 Å². The Morgan fingerprint density at radius 2 is 1.83 bits per heavy atom. The number of anilines is 1. The summed E-state index contributed by atoms with van der Waals surface area (Å²) >= 11 is 0. The lowest BCUT2D eigenvalue weighted by molar-refractivity contribution is 0.0926. The maximum absolute atomic E-state index is 13.3.